The molecule has 0 saturated heterocycles. The van der Waals surface area contributed by atoms with E-state index in [9.17, 15) is 9.18 Å². The zero-order valence-electron chi connectivity index (χ0n) is 14.6. The maximum atomic E-state index is 13.0. The highest BCUT2D eigenvalue weighted by Crippen LogP contribution is 2.46. The van der Waals surface area contributed by atoms with E-state index in [1.807, 2.05) is 24.3 Å². The van der Waals surface area contributed by atoms with Crippen LogP contribution in [0.3, 0.4) is 0 Å². The van der Waals surface area contributed by atoms with E-state index < -0.39 is 0 Å². The van der Waals surface area contributed by atoms with Crippen LogP contribution >= 0.6 is 0 Å². The summed E-state index contributed by atoms with van der Waals surface area (Å²) in [6.45, 7) is 0. The monoisotopic (exact) mass is 356 g/mol. The molecule has 3 aromatic rings. The van der Waals surface area contributed by atoms with Crippen LogP contribution in [0.15, 0.2) is 66.9 Å². The Morgan fingerprint density at radius 2 is 1.74 bits per heavy atom. The molecule has 4 rings (SSSR count). The maximum Gasteiger partial charge on any atom is 0.251 e. The second-order valence-corrected chi connectivity index (χ2v) is 6.70. The highest BCUT2D eigenvalue weighted by atomic mass is 19.1. The molecule has 1 N–H and O–H groups in total. The van der Waals surface area contributed by atoms with Crippen molar-refractivity contribution in [2.75, 3.05) is 0 Å². The van der Waals surface area contributed by atoms with Crippen LogP contribution in [0.2, 0.25) is 0 Å². The van der Waals surface area contributed by atoms with E-state index in [1.54, 1.807) is 30.3 Å². The quantitative estimate of drug-likeness (QED) is 0.709. The van der Waals surface area contributed by atoms with E-state index in [-0.39, 0.29) is 17.3 Å². The summed E-state index contributed by atoms with van der Waals surface area (Å²) in [6.07, 6.45) is 8.35. The van der Waals surface area contributed by atoms with E-state index in [1.165, 1.54) is 12.3 Å². The molecule has 1 amide bonds. The number of nitrogens with one attached hydrogen (secondary N) is 1. The topological polar surface area (TPSA) is 42.0 Å². The number of benzene rings is 2. The molecular formula is C23H17FN2O. The van der Waals surface area contributed by atoms with E-state index in [0.29, 0.717) is 11.3 Å². The van der Waals surface area contributed by atoms with Gasteiger partial charge in [0, 0.05) is 16.7 Å². The summed E-state index contributed by atoms with van der Waals surface area (Å²) in [5.41, 5.74) is 3.69. The van der Waals surface area contributed by atoms with Crippen molar-refractivity contribution in [3.63, 3.8) is 0 Å². The van der Waals surface area contributed by atoms with Gasteiger partial charge in [-0.2, -0.15) is 0 Å². The first-order valence-corrected chi connectivity index (χ1v) is 8.71. The fraction of sp³-hybridized carbons (Fsp3) is 0.130. The summed E-state index contributed by atoms with van der Waals surface area (Å²) in [5.74, 6) is 2.08. The average molecular weight is 356 g/mol. The summed E-state index contributed by atoms with van der Waals surface area (Å²) >= 11 is 0. The number of rotatable bonds is 4. The Hall–Kier alpha value is -3.45. The van der Waals surface area contributed by atoms with Gasteiger partial charge < -0.3 is 5.32 Å². The third-order valence-corrected chi connectivity index (χ3v) is 4.88. The molecule has 1 aromatic heterocycles. The Balaban J connectivity index is 1.51. The van der Waals surface area contributed by atoms with Gasteiger partial charge >= 0.3 is 0 Å². The van der Waals surface area contributed by atoms with Crippen LogP contribution in [0.25, 0.3) is 11.3 Å². The van der Waals surface area contributed by atoms with Gasteiger partial charge in [-0.3, -0.25) is 9.78 Å². The number of terminal acetylenes is 1. The summed E-state index contributed by atoms with van der Waals surface area (Å²) in [7, 11) is 0. The van der Waals surface area contributed by atoms with Gasteiger partial charge in [0.25, 0.3) is 5.91 Å². The number of hydrogen-bond acceptors (Lipinski definition) is 2. The molecule has 132 valence electrons. The summed E-state index contributed by atoms with van der Waals surface area (Å²) in [5, 5.41) is 3.15. The van der Waals surface area contributed by atoms with Crippen molar-refractivity contribution in [1.29, 1.82) is 0 Å². The fourth-order valence-corrected chi connectivity index (χ4v) is 3.12. The van der Waals surface area contributed by atoms with Gasteiger partial charge in [-0.05, 0) is 54.8 Å². The van der Waals surface area contributed by atoms with Crippen molar-refractivity contribution in [3.05, 3.63) is 89.4 Å². The van der Waals surface area contributed by atoms with Gasteiger partial charge in [0.15, 0.2) is 0 Å². The highest BCUT2D eigenvalue weighted by Gasteiger charge is 2.45. The van der Waals surface area contributed by atoms with Crippen LogP contribution in [-0.2, 0) is 5.54 Å². The van der Waals surface area contributed by atoms with Crippen LogP contribution in [0.1, 0.15) is 34.3 Å². The van der Waals surface area contributed by atoms with Crippen molar-refractivity contribution in [2.45, 2.75) is 18.4 Å². The van der Waals surface area contributed by atoms with Gasteiger partial charge in [-0.25, -0.2) is 4.39 Å². The Bertz CT molecular complexity index is 1010. The summed E-state index contributed by atoms with van der Waals surface area (Å²) in [4.78, 5) is 16.7. The molecule has 3 nitrogen and oxygen atoms in total. The predicted molar refractivity (Wildman–Crippen MR) is 102 cm³/mol. The molecule has 0 radical (unpaired) electrons. The van der Waals surface area contributed by atoms with Crippen molar-refractivity contribution >= 4 is 5.91 Å². The van der Waals surface area contributed by atoms with Crippen LogP contribution in [0, 0.1) is 18.2 Å². The molecule has 4 heteroatoms. The standard InChI is InChI=1S/C23H17FN2O/c1-2-16-3-5-18(6-4-16)22(27)26-23(13-14-23)19-9-7-17(8-10-19)21-12-11-20(24)15-25-21/h1,3-12,15H,13-14H2,(H,26,27). The largest absolute Gasteiger partial charge is 0.343 e. The average Bonchev–Trinajstić information content (AvgIpc) is 3.49. The van der Waals surface area contributed by atoms with Crippen molar-refractivity contribution in [3.8, 4) is 23.6 Å². The Morgan fingerprint density at radius 3 is 2.30 bits per heavy atom. The van der Waals surface area contributed by atoms with Crippen molar-refractivity contribution < 1.29 is 9.18 Å². The van der Waals surface area contributed by atoms with E-state index >= 15 is 0 Å². The van der Waals surface area contributed by atoms with Crippen molar-refractivity contribution in [1.82, 2.24) is 10.3 Å². The Kier molecular flexibility index (Phi) is 4.21. The SMILES string of the molecule is C#Cc1ccc(C(=O)NC2(c3ccc(-c4ccc(F)cn4)cc3)CC2)cc1. The van der Waals surface area contributed by atoms with Crippen LogP contribution < -0.4 is 5.32 Å². The number of carbonyl (C=O) groups is 1. The summed E-state index contributed by atoms with van der Waals surface area (Å²) < 4.78 is 13.0. The molecule has 1 saturated carbocycles. The lowest BCUT2D eigenvalue weighted by atomic mass is 10.0. The number of halogens is 1. The third kappa shape index (κ3) is 3.45. The minimum Gasteiger partial charge on any atom is -0.343 e. The molecule has 1 aliphatic carbocycles. The Morgan fingerprint density at radius 1 is 1.04 bits per heavy atom. The smallest absolute Gasteiger partial charge is 0.251 e. The highest BCUT2D eigenvalue weighted by molar-refractivity contribution is 5.95. The molecular weight excluding hydrogens is 339 g/mol. The normalized spacial score (nSPS) is 14.2. The van der Waals surface area contributed by atoms with E-state index in [2.05, 4.69) is 16.2 Å². The zero-order chi connectivity index (χ0) is 18.9. The number of pyridine rings is 1. The zero-order valence-corrected chi connectivity index (χ0v) is 14.6. The summed E-state index contributed by atoms with van der Waals surface area (Å²) in [6, 6.07) is 17.9. The molecule has 0 aliphatic heterocycles. The Labute approximate surface area is 157 Å². The fourth-order valence-electron chi connectivity index (χ4n) is 3.12. The number of carbonyl (C=O) groups excluding carboxylic acids is 1. The van der Waals surface area contributed by atoms with Crippen molar-refractivity contribution in [2.24, 2.45) is 0 Å². The number of amides is 1. The van der Waals surface area contributed by atoms with Gasteiger partial charge in [-0.15, -0.1) is 6.42 Å². The second-order valence-electron chi connectivity index (χ2n) is 6.70. The van der Waals surface area contributed by atoms with E-state index in [4.69, 9.17) is 6.42 Å². The third-order valence-electron chi connectivity index (χ3n) is 4.88. The number of nitrogens with zero attached hydrogens (tertiary/aromatic N) is 1. The predicted octanol–water partition coefficient (Wildman–Crippen LogP) is 4.29. The maximum absolute atomic E-state index is 13.0. The first-order chi connectivity index (χ1) is 13.1. The van der Waals surface area contributed by atoms with Gasteiger partial charge in [-0.1, -0.05) is 30.2 Å². The molecule has 1 heterocycles. The van der Waals surface area contributed by atoms with Crippen LogP contribution in [-0.4, -0.2) is 10.9 Å². The first-order valence-electron chi connectivity index (χ1n) is 8.71. The molecule has 0 bridgehead atoms. The van der Waals surface area contributed by atoms with Gasteiger partial charge in [0.1, 0.15) is 5.82 Å². The molecule has 0 spiro atoms. The van der Waals surface area contributed by atoms with Gasteiger partial charge in [0.2, 0.25) is 0 Å². The molecule has 1 fully saturated rings. The lowest BCUT2D eigenvalue weighted by molar-refractivity contribution is 0.0931. The minimum atomic E-state index is -0.356. The number of aromatic nitrogens is 1. The van der Waals surface area contributed by atoms with E-state index in [0.717, 1.165) is 29.5 Å². The first kappa shape index (κ1) is 17.0. The molecule has 27 heavy (non-hydrogen) atoms. The molecule has 0 atom stereocenters. The van der Waals surface area contributed by atoms with Crippen LogP contribution in [0.4, 0.5) is 4.39 Å². The number of hydrogen-bond donors (Lipinski definition) is 1. The minimum absolute atomic E-state index is 0.111. The molecule has 0 unspecified atom stereocenters. The molecule has 2 aromatic carbocycles. The molecule has 1 aliphatic rings. The lowest BCUT2D eigenvalue weighted by Gasteiger charge is -2.18. The van der Waals surface area contributed by atoms with Crippen LogP contribution in [0.5, 0.6) is 0 Å². The lowest BCUT2D eigenvalue weighted by Crippen LogP contribution is -2.34. The van der Waals surface area contributed by atoms with Gasteiger partial charge in [0.05, 0.1) is 17.4 Å². The second kappa shape index (κ2) is 6.69.